The molecule has 4 heteroatoms. The van der Waals surface area contributed by atoms with Gasteiger partial charge in [0.15, 0.2) is 0 Å². The van der Waals surface area contributed by atoms with E-state index in [0.717, 1.165) is 52.3 Å². The van der Waals surface area contributed by atoms with Crippen LogP contribution in [0.25, 0.3) is 0 Å². The van der Waals surface area contributed by atoms with Crippen LogP contribution >= 0.6 is 0 Å². The molecule has 0 aliphatic carbocycles. The fourth-order valence-electron chi connectivity index (χ4n) is 1.04. The predicted molar refractivity (Wildman–Crippen MR) is 58.7 cm³/mol. The SMILES string of the molecule is CNCCNCCOCCCCOC. The Morgan fingerprint density at radius 2 is 1.71 bits per heavy atom. The van der Waals surface area contributed by atoms with Gasteiger partial charge in [0.25, 0.3) is 0 Å². The molecule has 4 nitrogen and oxygen atoms in total. The van der Waals surface area contributed by atoms with Crippen LogP contribution in [-0.4, -0.2) is 53.6 Å². The summed E-state index contributed by atoms with van der Waals surface area (Å²) < 4.78 is 10.4. The van der Waals surface area contributed by atoms with Gasteiger partial charge in [-0.1, -0.05) is 0 Å². The number of likely N-dealkylation sites (N-methyl/N-ethyl adjacent to an activating group) is 1. The predicted octanol–water partition coefficient (Wildman–Crippen LogP) is 0.239. The molecular weight excluding hydrogens is 180 g/mol. The number of rotatable bonds is 11. The van der Waals surface area contributed by atoms with Crippen LogP contribution in [0.5, 0.6) is 0 Å². The first kappa shape index (κ1) is 13.8. The highest BCUT2D eigenvalue weighted by Gasteiger charge is 1.89. The first-order chi connectivity index (χ1) is 6.91. The van der Waals surface area contributed by atoms with Gasteiger partial charge in [-0.3, -0.25) is 0 Å². The Balaban J connectivity index is 2.78. The van der Waals surface area contributed by atoms with Crippen molar-refractivity contribution >= 4 is 0 Å². The van der Waals surface area contributed by atoms with Crippen molar-refractivity contribution in [2.24, 2.45) is 0 Å². The Morgan fingerprint density at radius 3 is 2.43 bits per heavy atom. The maximum Gasteiger partial charge on any atom is 0.0590 e. The molecule has 0 aromatic carbocycles. The average Bonchev–Trinajstić information content (AvgIpc) is 2.21. The lowest BCUT2D eigenvalue weighted by Gasteiger charge is -2.05. The maximum absolute atomic E-state index is 5.42. The number of ether oxygens (including phenoxy) is 2. The van der Waals surface area contributed by atoms with Gasteiger partial charge in [-0.2, -0.15) is 0 Å². The number of methoxy groups -OCH3 is 1. The lowest BCUT2D eigenvalue weighted by atomic mass is 10.3. The quantitative estimate of drug-likeness (QED) is 0.473. The van der Waals surface area contributed by atoms with Gasteiger partial charge in [0, 0.05) is 40.0 Å². The minimum atomic E-state index is 0.802. The van der Waals surface area contributed by atoms with Crippen LogP contribution in [0.15, 0.2) is 0 Å². The summed E-state index contributed by atoms with van der Waals surface area (Å²) in [6.45, 7) is 5.43. The van der Waals surface area contributed by atoms with Gasteiger partial charge in [0.05, 0.1) is 6.61 Å². The molecule has 0 unspecified atom stereocenters. The molecule has 0 saturated carbocycles. The molecule has 0 aliphatic heterocycles. The third-order valence-electron chi connectivity index (χ3n) is 1.86. The van der Waals surface area contributed by atoms with Crippen molar-refractivity contribution in [3.05, 3.63) is 0 Å². The summed E-state index contributed by atoms with van der Waals surface area (Å²) in [7, 11) is 3.68. The zero-order chi connectivity index (χ0) is 10.5. The van der Waals surface area contributed by atoms with E-state index in [1.54, 1.807) is 7.11 Å². The summed E-state index contributed by atoms with van der Waals surface area (Å²) in [5.74, 6) is 0. The smallest absolute Gasteiger partial charge is 0.0590 e. The molecule has 0 aromatic rings. The molecule has 0 fully saturated rings. The Hall–Kier alpha value is -0.160. The molecule has 0 atom stereocenters. The third kappa shape index (κ3) is 11.8. The van der Waals surface area contributed by atoms with Crippen molar-refractivity contribution in [1.82, 2.24) is 10.6 Å². The van der Waals surface area contributed by atoms with Crippen molar-refractivity contribution in [2.45, 2.75) is 12.8 Å². The molecule has 0 saturated heterocycles. The number of hydrogen-bond donors (Lipinski definition) is 2. The summed E-state index contributed by atoms with van der Waals surface area (Å²) in [4.78, 5) is 0. The molecule has 0 rings (SSSR count). The largest absolute Gasteiger partial charge is 0.385 e. The summed E-state index contributed by atoms with van der Waals surface area (Å²) in [5, 5.41) is 6.35. The van der Waals surface area contributed by atoms with Crippen molar-refractivity contribution in [3.63, 3.8) is 0 Å². The second-order valence-corrected chi connectivity index (χ2v) is 3.17. The topological polar surface area (TPSA) is 42.5 Å². The molecule has 0 spiro atoms. The van der Waals surface area contributed by atoms with Crippen LogP contribution in [0.4, 0.5) is 0 Å². The Bertz CT molecular complexity index is 90.1. The van der Waals surface area contributed by atoms with E-state index in [0.29, 0.717) is 0 Å². The van der Waals surface area contributed by atoms with E-state index in [1.165, 1.54) is 0 Å². The molecule has 0 aliphatic rings. The van der Waals surface area contributed by atoms with Gasteiger partial charge in [-0.05, 0) is 19.9 Å². The second kappa shape index (κ2) is 12.8. The normalized spacial score (nSPS) is 10.7. The highest BCUT2D eigenvalue weighted by Crippen LogP contribution is 1.89. The lowest BCUT2D eigenvalue weighted by molar-refractivity contribution is 0.120. The zero-order valence-electron chi connectivity index (χ0n) is 9.47. The number of unbranched alkanes of at least 4 members (excludes halogenated alkanes) is 1. The van der Waals surface area contributed by atoms with Crippen LogP contribution in [0, 0.1) is 0 Å². The molecule has 0 bridgehead atoms. The highest BCUT2D eigenvalue weighted by molar-refractivity contribution is 4.47. The van der Waals surface area contributed by atoms with Crippen molar-refractivity contribution in [2.75, 3.05) is 53.6 Å². The van der Waals surface area contributed by atoms with E-state index in [9.17, 15) is 0 Å². The van der Waals surface area contributed by atoms with E-state index in [-0.39, 0.29) is 0 Å². The number of hydrogen-bond acceptors (Lipinski definition) is 4. The third-order valence-corrected chi connectivity index (χ3v) is 1.86. The first-order valence-corrected chi connectivity index (χ1v) is 5.33. The van der Waals surface area contributed by atoms with E-state index in [2.05, 4.69) is 10.6 Å². The van der Waals surface area contributed by atoms with Gasteiger partial charge in [0.2, 0.25) is 0 Å². The standard InChI is InChI=1S/C10H24N2O2/c1-11-5-6-12-7-10-14-9-4-3-8-13-2/h11-12H,3-10H2,1-2H3. The Kier molecular flexibility index (Phi) is 12.7. The fraction of sp³-hybridized carbons (Fsp3) is 1.00. The zero-order valence-corrected chi connectivity index (χ0v) is 9.47. The Labute approximate surface area is 87.4 Å². The summed E-state index contributed by atoms with van der Waals surface area (Å²) >= 11 is 0. The van der Waals surface area contributed by atoms with Gasteiger partial charge in [-0.15, -0.1) is 0 Å². The van der Waals surface area contributed by atoms with E-state index < -0.39 is 0 Å². The summed E-state index contributed by atoms with van der Waals surface area (Å²) in [5.41, 5.74) is 0. The monoisotopic (exact) mass is 204 g/mol. The number of nitrogens with one attached hydrogen (secondary N) is 2. The van der Waals surface area contributed by atoms with Gasteiger partial charge >= 0.3 is 0 Å². The molecule has 0 radical (unpaired) electrons. The van der Waals surface area contributed by atoms with E-state index in [1.807, 2.05) is 7.05 Å². The van der Waals surface area contributed by atoms with Crippen LogP contribution in [-0.2, 0) is 9.47 Å². The van der Waals surface area contributed by atoms with Crippen LogP contribution < -0.4 is 10.6 Å². The minimum absolute atomic E-state index is 0.802. The van der Waals surface area contributed by atoms with Crippen LogP contribution in [0.2, 0.25) is 0 Å². The van der Waals surface area contributed by atoms with Crippen LogP contribution in [0.1, 0.15) is 12.8 Å². The van der Waals surface area contributed by atoms with Gasteiger partial charge in [0.1, 0.15) is 0 Å². The average molecular weight is 204 g/mol. The van der Waals surface area contributed by atoms with Crippen LogP contribution in [0.3, 0.4) is 0 Å². The van der Waals surface area contributed by atoms with Crippen molar-refractivity contribution in [1.29, 1.82) is 0 Å². The van der Waals surface area contributed by atoms with Gasteiger partial charge < -0.3 is 20.1 Å². The van der Waals surface area contributed by atoms with E-state index >= 15 is 0 Å². The molecule has 0 amide bonds. The highest BCUT2D eigenvalue weighted by atomic mass is 16.5. The summed E-state index contributed by atoms with van der Waals surface area (Å²) in [6, 6.07) is 0. The lowest BCUT2D eigenvalue weighted by Crippen LogP contribution is -2.27. The van der Waals surface area contributed by atoms with Gasteiger partial charge in [-0.25, -0.2) is 0 Å². The molecule has 0 heterocycles. The molecular formula is C10H24N2O2. The fourth-order valence-corrected chi connectivity index (χ4v) is 1.04. The molecule has 0 aromatic heterocycles. The van der Waals surface area contributed by atoms with E-state index in [4.69, 9.17) is 9.47 Å². The van der Waals surface area contributed by atoms with Crippen molar-refractivity contribution in [3.8, 4) is 0 Å². The molecule has 86 valence electrons. The molecule has 2 N–H and O–H groups in total. The summed E-state index contributed by atoms with van der Waals surface area (Å²) in [6.07, 6.45) is 2.17. The second-order valence-electron chi connectivity index (χ2n) is 3.17. The Morgan fingerprint density at radius 1 is 0.929 bits per heavy atom. The first-order valence-electron chi connectivity index (χ1n) is 5.33. The molecule has 14 heavy (non-hydrogen) atoms. The van der Waals surface area contributed by atoms with Crippen molar-refractivity contribution < 1.29 is 9.47 Å². The maximum atomic E-state index is 5.42. The minimum Gasteiger partial charge on any atom is -0.385 e.